The van der Waals surface area contributed by atoms with Gasteiger partial charge in [0.15, 0.2) is 0 Å². The summed E-state index contributed by atoms with van der Waals surface area (Å²) in [6.07, 6.45) is 0. The number of hydrogen-bond acceptors (Lipinski definition) is 2. The fourth-order valence-corrected chi connectivity index (χ4v) is 2.36. The van der Waals surface area contributed by atoms with E-state index in [4.69, 9.17) is 0 Å². The molecular formula is C15H15BrN2O. The van der Waals surface area contributed by atoms with Crippen LogP contribution in [-0.4, -0.2) is 20.0 Å². The molecule has 0 spiro atoms. The molecule has 3 nitrogen and oxygen atoms in total. The van der Waals surface area contributed by atoms with Gasteiger partial charge in [-0.25, -0.2) is 0 Å². The number of hydrogen-bond donors (Lipinski definition) is 1. The highest BCUT2D eigenvalue weighted by atomic mass is 79.9. The van der Waals surface area contributed by atoms with Gasteiger partial charge in [0.2, 0.25) is 0 Å². The number of benzene rings is 2. The molecule has 0 saturated carbocycles. The van der Waals surface area contributed by atoms with Gasteiger partial charge < -0.3 is 10.2 Å². The zero-order valence-corrected chi connectivity index (χ0v) is 12.4. The number of anilines is 2. The standard InChI is InChI=1S/C15H15BrN2O/c1-17-12-9-7-11(8-10-12)15(19)18(2)14-6-4-3-5-13(14)16/h3-10,17H,1-2H3. The van der Waals surface area contributed by atoms with Crippen LogP contribution in [0.5, 0.6) is 0 Å². The summed E-state index contributed by atoms with van der Waals surface area (Å²) in [6, 6.07) is 15.1. The summed E-state index contributed by atoms with van der Waals surface area (Å²) in [5, 5.41) is 3.03. The zero-order chi connectivity index (χ0) is 13.8. The quantitative estimate of drug-likeness (QED) is 0.934. The number of carbonyl (C=O) groups excluding carboxylic acids is 1. The van der Waals surface area contributed by atoms with Gasteiger partial charge in [-0.15, -0.1) is 0 Å². The molecule has 0 unspecified atom stereocenters. The van der Waals surface area contributed by atoms with Crippen molar-refractivity contribution in [2.45, 2.75) is 0 Å². The number of carbonyl (C=O) groups is 1. The topological polar surface area (TPSA) is 32.3 Å². The first-order chi connectivity index (χ1) is 9.13. The Morgan fingerprint density at radius 2 is 1.74 bits per heavy atom. The van der Waals surface area contributed by atoms with Crippen LogP contribution < -0.4 is 10.2 Å². The highest BCUT2D eigenvalue weighted by molar-refractivity contribution is 9.10. The largest absolute Gasteiger partial charge is 0.388 e. The number of amides is 1. The SMILES string of the molecule is CNc1ccc(C(=O)N(C)c2ccccc2Br)cc1. The Balaban J connectivity index is 2.26. The van der Waals surface area contributed by atoms with Crippen LogP contribution in [-0.2, 0) is 0 Å². The minimum absolute atomic E-state index is 0.0328. The molecule has 0 saturated heterocycles. The minimum Gasteiger partial charge on any atom is -0.388 e. The molecule has 98 valence electrons. The maximum absolute atomic E-state index is 12.4. The second-order valence-electron chi connectivity index (χ2n) is 4.14. The van der Waals surface area contributed by atoms with Crippen molar-refractivity contribution >= 4 is 33.2 Å². The molecule has 0 aromatic heterocycles. The fraction of sp³-hybridized carbons (Fsp3) is 0.133. The number of nitrogens with zero attached hydrogens (tertiary/aromatic N) is 1. The molecule has 19 heavy (non-hydrogen) atoms. The zero-order valence-electron chi connectivity index (χ0n) is 10.9. The summed E-state index contributed by atoms with van der Waals surface area (Å²) in [4.78, 5) is 14.0. The van der Waals surface area contributed by atoms with Crippen LogP contribution in [0.15, 0.2) is 53.0 Å². The van der Waals surface area contributed by atoms with Gasteiger partial charge in [-0.3, -0.25) is 4.79 Å². The highest BCUT2D eigenvalue weighted by Gasteiger charge is 2.15. The maximum Gasteiger partial charge on any atom is 0.258 e. The van der Waals surface area contributed by atoms with Crippen molar-refractivity contribution in [3.8, 4) is 0 Å². The van der Waals surface area contributed by atoms with Gasteiger partial charge in [0.05, 0.1) is 5.69 Å². The lowest BCUT2D eigenvalue weighted by Crippen LogP contribution is -2.26. The van der Waals surface area contributed by atoms with Crippen LogP contribution in [0.1, 0.15) is 10.4 Å². The fourth-order valence-electron chi connectivity index (χ4n) is 1.81. The molecule has 0 aliphatic rings. The van der Waals surface area contributed by atoms with E-state index in [1.165, 1.54) is 0 Å². The Hall–Kier alpha value is -1.81. The Morgan fingerprint density at radius 1 is 1.11 bits per heavy atom. The maximum atomic E-state index is 12.4. The third-order valence-corrected chi connectivity index (χ3v) is 3.61. The average molecular weight is 319 g/mol. The smallest absolute Gasteiger partial charge is 0.258 e. The molecule has 0 radical (unpaired) electrons. The van der Waals surface area contributed by atoms with E-state index in [9.17, 15) is 4.79 Å². The van der Waals surface area contributed by atoms with Crippen molar-refractivity contribution in [3.05, 3.63) is 58.6 Å². The third kappa shape index (κ3) is 2.96. The second kappa shape index (κ2) is 5.89. The van der Waals surface area contributed by atoms with E-state index in [-0.39, 0.29) is 5.91 Å². The molecule has 0 aliphatic carbocycles. The van der Waals surface area contributed by atoms with Crippen LogP contribution in [0.3, 0.4) is 0 Å². The van der Waals surface area contributed by atoms with E-state index in [1.807, 2.05) is 55.6 Å². The van der Waals surface area contributed by atoms with Crippen LogP contribution in [0, 0.1) is 0 Å². The molecule has 0 fully saturated rings. The molecule has 0 heterocycles. The summed E-state index contributed by atoms with van der Waals surface area (Å²) in [5.74, 6) is -0.0328. The molecule has 0 bridgehead atoms. The minimum atomic E-state index is -0.0328. The third-order valence-electron chi connectivity index (χ3n) is 2.94. The Labute approximate surface area is 121 Å². The Morgan fingerprint density at radius 3 is 2.32 bits per heavy atom. The van der Waals surface area contributed by atoms with Crippen molar-refractivity contribution in [1.82, 2.24) is 0 Å². The van der Waals surface area contributed by atoms with Crippen molar-refractivity contribution in [3.63, 3.8) is 0 Å². The number of nitrogens with one attached hydrogen (secondary N) is 1. The van der Waals surface area contributed by atoms with Crippen molar-refractivity contribution in [1.29, 1.82) is 0 Å². The number of para-hydroxylation sites is 1. The Kier molecular flexibility index (Phi) is 4.22. The lowest BCUT2D eigenvalue weighted by Gasteiger charge is -2.19. The molecule has 2 rings (SSSR count). The van der Waals surface area contributed by atoms with Crippen LogP contribution in [0.25, 0.3) is 0 Å². The summed E-state index contributed by atoms with van der Waals surface area (Å²) in [5.41, 5.74) is 2.50. The average Bonchev–Trinajstić information content (AvgIpc) is 2.46. The van der Waals surface area contributed by atoms with E-state index in [1.54, 1.807) is 11.9 Å². The van der Waals surface area contributed by atoms with Gasteiger partial charge in [-0.05, 0) is 52.3 Å². The predicted octanol–water partition coefficient (Wildman–Crippen LogP) is 3.77. The van der Waals surface area contributed by atoms with Crippen molar-refractivity contribution < 1.29 is 4.79 Å². The van der Waals surface area contributed by atoms with Gasteiger partial charge in [0, 0.05) is 29.8 Å². The molecule has 1 amide bonds. The summed E-state index contributed by atoms with van der Waals surface area (Å²) in [7, 11) is 3.62. The van der Waals surface area contributed by atoms with E-state index < -0.39 is 0 Å². The van der Waals surface area contributed by atoms with Crippen molar-refractivity contribution in [2.75, 3.05) is 24.3 Å². The Bertz CT molecular complexity index is 581. The monoisotopic (exact) mass is 318 g/mol. The van der Waals surface area contributed by atoms with E-state index in [0.29, 0.717) is 5.56 Å². The van der Waals surface area contributed by atoms with E-state index in [2.05, 4.69) is 21.2 Å². The molecule has 0 aliphatic heterocycles. The lowest BCUT2D eigenvalue weighted by atomic mass is 10.1. The van der Waals surface area contributed by atoms with E-state index >= 15 is 0 Å². The van der Waals surface area contributed by atoms with Crippen LogP contribution >= 0.6 is 15.9 Å². The number of halogens is 1. The predicted molar refractivity (Wildman–Crippen MR) is 82.9 cm³/mol. The van der Waals surface area contributed by atoms with Gasteiger partial charge >= 0.3 is 0 Å². The highest BCUT2D eigenvalue weighted by Crippen LogP contribution is 2.26. The molecule has 1 N–H and O–H groups in total. The van der Waals surface area contributed by atoms with Gasteiger partial charge in [-0.2, -0.15) is 0 Å². The second-order valence-corrected chi connectivity index (χ2v) is 5.00. The summed E-state index contributed by atoms with van der Waals surface area (Å²) in [6.45, 7) is 0. The molecule has 0 atom stereocenters. The first-order valence-corrected chi connectivity index (χ1v) is 6.73. The molecule has 4 heteroatoms. The summed E-state index contributed by atoms with van der Waals surface area (Å²) >= 11 is 3.46. The van der Waals surface area contributed by atoms with Crippen molar-refractivity contribution in [2.24, 2.45) is 0 Å². The van der Waals surface area contributed by atoms with Crippen LogP contribution in [0.2, 0.25) is 0 Å². The lowest BCUT2D eigenvalue weighted by molar-refractivity contribution is 0.0993. The molecular weight excluding hydrogens is 304 g/mol. The molecule has 2 aromatic carbocycles. The first kappa shape index (κ1) is 13.6. The normalized spacial score (nSPS) is 10.1. The van der Waals surface area contributed by atoms with Crippen LogP contribution in [0.4, 0.5) is 11.4 Å². The number of rotatable bonds is 3. The molecule has 2 aromatic rings. The van der Waals surface area contributed by atoms with Gasteiger partial charge in [-0.1, -0.05) is 12.1 Å². The van der Waals surface area contributed by atoms with Gasteiger partial charge in [0.1, 0.15) is 0 Å². The first-order valence-electron chi connectivity index (χ1n) is 5.94. The summed E-state index contributed by atoms with van der Waals surface area (Å²) < 4.78 is 0.901. The van der Waals surface area contributed by atoms with Gasteiger partial charge in [0.25, 0.3) is 5.91 Å². The van der Waals surface area contributed by atoms with E-state index in [0.717, 1.165) is 15.8 Å².